The van der Waals surface area contributed by atoms with E-state index in [0.29, 0.717) is 11.4 Å². The van der Waals surface area contributed by atoms with E-state index < -0.39 is 17.7 Å². The summed E-state index contributed by atoms with van der Waals surface area (Å²) in [5.41, 5.74) is 0.633. The van der Waals surface area contributed by atoms with Gasteiger partial charge >= 0.3 is 5.97 Å². The van der Waals surface area contributed by atoms with E-state index in [2.05, 4.69) is 15.5 Å². The number of nitrogens with one attached hydrogen (secondary N) is 1. The van der Waals surface area contributed by atoms with Gasteiger partial charge in [0.25, 0.3) is 5.91 Å². The molecule has 0 spiro atoms. The molecule has 0 radical (unpaired) electrons. The summed E-state index contributed by atoms with van der Waals surface area (Å²) < 4.78 is 21.2. The first-order chi connectivity index (χ1) is 13.4. The van der Waals surface area contributed by atoms with Gasteiger partial charge in [0, 0.05) is 6.20 Å². The highest BCUT2D eigenvalue weighted by molar-refractivity contribution is 6.32. The van der Waals surface area contributed by atoms with Gasteiger partial charge in [-0.05, 0) is 24.3 Å². The Morgan fingerprint density at radius 3 is 2.86 bits per heavy atom. The lowest BCUT2D eigenvalue weighted by Crippen LogP contribution is -2.18. The van der Waals surface area contributed by atoms with Crippen molar-refractivity contribution in [3.05, 3.63) is 59.4 Å². The molecule has 3 aromatic rings. The number of aromatic nitrogens is 4. The quantitative estimate of drug-likeness (QED) is 0.593. The molecule has 0 saturated carbocycles. The molecule has 0 aliphatic carbocycles. The van der Waals surface area contributed by atoms with Crippen molar-refractivity contribution < 1.29 is 23.8 Å². The van der Waals surface area contributed by atoms with Gasteiger partial charge in [-0.25, -0.2) is 9.07 Å². The number of halogens is 2. The number of carboxylic acid groups (broad SMARTS) is 1. The molecule has 0 atom stereocenters. The average molecular weight is 408 g/mol. The standard InChI is InChI=1S/C17H15ClFN5O4/c18-13-7-11(19)1-2-15(13)28-10-23-9-12(8-21-23)22-17(27)14-3-5-20-24(14)6-4-16(25)26/h1-3,5,7-9H,4,6,10H2,(H,22,27)(H,25,26). The van der Waals surface area contributed by atoms with Crippen molar-refractivity contribution in [3.63, 3.8) is 0 Å². The lowest BCUT2D eigenvalue weighted by molar-refractivity contribution is -0.137. The molecule has 2 heterocycles. The molecule has 1 aromatic carbocycles. The molecule has 0 aliphatic heterocycles. The number of ether oxygens (including phenoxy) is 1. The van der Waals surface area contributed by atoms with Gasteiger partial charge in [0.05, 0.1) is 36.1 Å². The molecule has 2 aromatic heterocycles. The number of carbonyl (C=O) groups is 2. The van der Waals surface area contributed by atoms with Gasteiger partial charge in [0.2, 0.25) is 0 Å². The minimum atomic E-state index is -0.982. The first-order valence-electron chi connectivity index (χ1n) is 8.07. The molecule has 11 heteroatoms. The number of carbonyl (C=O) groups excluding carboxylic acids is 1. The van der Waals surface area contributed by atoms with Crippen molar-refractivity contribution in [1.29, 1.82) is 0 Å². The zero-order chi connectivity index (χ0) is 20.1. The van der Waals surface area contributed by atoms with E-state index in [1.807, 2.05) is 0 Å². The molecule has 1 amide bonds. The molecule has 0 aliphatic rings. The summed E-state index contributed by atoms with van der Waals surface area (Å²) in [5.74, 6) is -1.61. The summed E-state index contributed by atoms with van der Waals surface area (Å²) in [5, 5.41) is 19.5. The van der Waals surface area contributed by atoms with Gasteiger partial charge < -0.3 is 15.2 Å². The zero-order valence-electron chi connectivity index (χ0n) is 14.4. The molecule has 28 heavy (non-hydrogen) atoms. The molecule has 9 nitrogen and oxygen atoms in total. The van der Waals surface area contributed by atoms with Crippen molar-refractivity contribution in [1.82, 2.24) is 19.6 Å². The normalized spacial score (nSPS) is 10.6. The number of aliphatic carboxylic acids is 1. The Labute approximate surface area is 163 Å². The smallest absolute Gasteiger partial charge is 0.305 e. The summed E-state index contributed by atoms with van der Waals surface area (Å²) in [6, 6.07) is 5.26. The number of rotatable bonds is 8. The molecular weight excluding hydrogens is 393 g/mol. The van der Waals surface area contributed by atoms with Crippen molar-refractivity contribution in [2.24, 2.45) is 0 Å². The van der Waals surface area contributed by atoms with Gasteiger partial charge in [-0.15, -0.1) is 0 Å². The third kappa shape index (κ3) is 4.86. The third-order valence-corrected chi connectivity index (χ3v) is 3.92. The highest BCUT2D eigenvalue weighted by atomic mass is 35.5. The molecule has 0 unspecified atom stereocenters. The van der Waals surface area contributed by atoms with Gasteiger partial charge in [-0.3, -0.25) is 14.3 Å². The van der Waals surface area contributed by atoms with E-state index >= 15 is 0 Å². The number of hydrogen-bond acceptors (Lipinski definition) is 5. The van der Waals surface area contributed by atoms with Crippen LogP contribution in [0.5, 0.6) is 5.75 Å². The second kappa shape index (κ2) is 8.53. The Hall–Kier alpha value is -3.40. The van der Waals surface area contributed by atoms with Crippen LogP contribution in [0.3, 0.4) is 0 Å². The van der Waals surface area contributed by atoms with E-state index in [4.69, 9.17) is 21.4 Å². The first-order valence-corrected chi connectivity index (χ1v) is 8.45. The molecule has 146 valence electrons. The minimum Gasteiger partial charge on any atom is -0.481 e. The fourth-order valence-corrected chi connectivity index (χ4v) is 2.55. The maximum Gasteiger partial charge on any atom is 0.305 e. The maximum atomic E-state index is 13.0. The Kier molecular flexibility index (Phi) is 5.90. The van der Waals surface area contributed by atoms with Crippen LogP contribution in [0, 0.1) is 5.82 Å². The van der Waals surface area contributed by atoms with E-state index in [9.17, 15) is 14.0 Å². The lowest BCUT2D eigenvalue weighted by Gasteiger charge is -2.08. The predicted molar refractivity (Wildman–Crippen MR) is 96.7 cm³/mol. The number of aryl methyl sites for hydroxylation is 1. The average Bonchev–Trinajstić information content (AvgIpc) is 3.28. The molecule has 2 N–H and O–H groups in total. The summed E-state index contributed by atoms with van der Waals surface area (Å²) >= 11 is 5.89. The topological polar surface area (TPSA) is 111 Å². The summed E-state index contributed by atoms with van der Waals surface area (Å²) in [6.45, 7) is 0.0778. The predicted octanol–water partition coefficient (Wildman–Crippen LogP) is 2.64. The van der Waals surface area contributed by atoms with Crippen molar-refractivity contribution >= 4 is 29.2 Å². The van der Waals surface area contributed by atoms with Crippen molar-refractivity contribution in [2.75, 3.05) is 5.32 Å². The van der Waals surface area contributed by atoms with E-state index in [1.54, 1.807) is 0 Å². The number of nitrogens with zero attached hydrogens (tertiary/aromatic N) is 4. The number of benzene rings is 1. The SMILES string of the molecule is O=C(O)CCn1nccc1C(=O)Nc1cnn(COc2ccc(F)cc2Cl)c1. The van der Waals surface area contributed by atoms with Gasteiger partial charge in [0.15, 0.2) is 6.73 Å². The Morgan fingerprint density at radius 2 is 2.11 bits per heavy atom. The fraction of sp³-hybridized carbons (Fsp3) is 0.176. The fourth-order valence-electron chi connectivity index (χ4n) is 2.33. The molecule has 0 bridgehead atoms. The van der Waals surface area contributed by atoms with Gasteiger partial charge in [0.1, 0.15) is 17.3 Å². The monoisotopic (exact) mass is 407 g/mol. The van der Waals surface area contributed by atoms with Crippen molar-refractivity contribution in [2.45, 2.75) is 19.7 Å². The van der Waals surface area contributed by atoms with Crippen LogP contribution < -0.4 is 10.1 Å². The molecule has 0 fully saturated rings. The van der Waals surface area contributed by atoms with E-state index in [0.717, 1.165) is 6.07 Å². The maximum absolute atomic E-state index is 13.0. The number of anilines is 1. The van der Waals surface area contributed by atoms with E-state index in [-0.39, 0.29) is 30.4 Å². The lowest BCUT2D eigenvalue weighted by atomic mass is 10.3. The number of hydrogen-bond donors (Lipinski definition) is 2. The Balaban J connectivity index is 1.59. The van der Waals surface area contributed by atoms with Crippen LogP contribution in [-0.2, 0) is 18.1 Å². The summed E-state index contributed by atoms with van der Waals surface area (Å²) in [4.78, 5) is 23.0. The molecular formula is C17H15ClFN5O4. The number of amides is 1. The first kappa shape index (κ1) is 19.4. The highest BCUT2D eigenvalue weighted by Gasteiger charge is 2.14. The van der Waals surface area contributed by atoms with Crippen LogP contribution in [0.4, 0.5) is 10.1 Å². The largest absolute Gasteiger partial charge is 0.481 e. The molecule has 3 rings (SSSR count). The zero-order valence-corrected chi connectivity index (χ0v) is 15.1. The van der Waals surface area contributed by atoms with Crippen LogP contribution >= 0.6 is 11.6 Å². The van der Waals surface area contributed by atoms with Crippen LogP contribution in [0.25, 0.3) is 0 Å². The summed E-state index contributed by atoms with van der Waals surface area (Å²) in [7, 11) is 0. The van der Waals surface area contributed by atoms with E-state index in [1.165, 1.54) is 46.2 Å². The summed E-state index contributed by atoms with van der Waals surface area (Å²) in [6.07, 6.45) is 4.22. The van der Waals surface area contributed by atoms with Gasteiger partial charge in [-0.1, -0.05) is 11.6 Å². The van der Waals surface area contributed by atoms with Crippen LogP contribution in [0.1, 0.15) is 16.9 Å². The minimum absolute atomic E-state index is 0.00222. The van der Waals surface area contributed by atoms with Gasteiger partial charge in [-0.2, -0.15) is 10.2 Å². The van der Waals surface area contributed by atoms with Crippen molar-refractivity contribution in [3.8, 4) is 5.75 Å². The van der Waals surface area contributed by atoms with Crippen LogP contribution in [0.15, 0.2) is 42.9 Å². The van der Waals surface area contributed by atoms with Crippen LogP contribution in [-0.4, -0.2) is 36.5 Å². The Morgan fingerprint density at radius 1 is 1.29 bits per heavy atom. The van der Waals surface area contributed by atoms with Crippen LogP contribution in [0.2, 0.25) is 5.02 Å². The third-order valence-electron chi connectivity index (χ3n) is 3.62. The second-order valence-electron chi connectivity index (χ2n) is 5.65. The second-order valence-corrected chi connectivity index (χ2v) is 6.06. The highest BCUT2D eigenvalue weighted by Crippen LogP contribution is 2.25. The number of carboxylic acids is 1. The Bertz CT molecular complexity index is 1000. The molecule has 0 saturated heterocycles.